The van der Waals surface area contributed by atoms with Gasteiger partial charge in [0.1, 0.15) is 0 Å². The van der Waals surface area contributed by atoms with Crippen LogP contribution in [0.2, 0.25) is 0 Å². The molecule has 0 saturated heterocycles. The van der Waals surface area contributed by atoms with Crippen molar-refractivity contribution in [1.29, 1.82) is 0 Å². The van der Waals surface area contributed by atoms with Gasteiger partial charge in [0.25, 0.3) is 0 Å². The summed E-state index contributed by atoms with van der Waals surface area (Å²) in [6.07, 6.45) is 3.90. The number of benzene rings is 2. The van der Waals surface area contributed by atoms with Gasteiger partial charge in [0, 0.05) is 6.54 Å². The molecule has 0 spiro atoms. The van der Waals surface area contributed by atoms with Gasteiger partial charge in [-0.2, -0.15) is 0 Å². The van der Waals surface area contributed by atoms with Crippen LogP contribution in [0.3, 0.4) is 0 Å². The molecular weight excluding hydrogens is 206 g/mol. The van der Waals surface area contributed by atoms with Gasteiger partial charge in [-0.25, -0.2) is 0 Å². The third-order valence-electron chi connectivity index (χ3n) is 3.10. The quantitative estimate of drug-likeness (QED) is 0.732. The van der Waals surface area contributed by atoms with E-state index in [-0.39, 0.29) is 0 Å². The van der Waals surface area contributed by atoms with Gasteiger partial charge < -0.3 is 5.32 Å². The molecule has 17 heavy (non-hydrogen) atoms. The summed E-state index contributed by atoms with van der Waals surface area (Å²) in [4.78, 5) is 0. The highest BCUT2D eigenvalue weighted by Gasteiger charge is 1.95. The summed E-state index contributed by atoms with van der Waals surface area (Å²) in [5.41, 5.74) is 1.38. The Balaban J connectivity index is 1.90. The second-order valence-electron chi connectivity index (χ2n) is 4.57. The second kappa shape index (κ2) is 6.41. The number of unbranched alkanes of at least 4 members (excludes halogenated alkanes) is 2. The molecule has 0 bridgehead atoms. The van der Waals surface area contributed by atoms with Gasteiger partial charge in [0.15, 0.2) is 0 Å². The molecule has 1 N–H and O–H groups in total. The summed E-state index contributed by atoms with van der Waals surface area (Å²) in [5.74, 6) is 0. The van der Waals surface area contributed by atoms with E-state index in [9.17, 15) is 0 Å². The number of fused-ring (bicyclic) bond motifs is 1. The predicted molar refractivity (Wildman–Crippen MR) is 75.2 cm³/mol. The summed E-state index contributed by atoms with van der Waals surface area (Å²) in [6.45, 7) is 4.35. The van der Waals surface area contributed by atoms with Crippen LogP contribution in [0.5, 0.6) is 0 Å². The first-order valence-corrected chi connectivity index (χ1v) is 6.58. The van der Waals surface area contributed by atoms with Crippen LogP contribution in [0.4, 0.5) is 0 Å². The maximum atomic E-state index is 3.50. The Labute approximate surface area is 104 Å². The van der Waals surface area contributed by atoms with Crippen LogP contribution in [0.25, 0.3) is 10.8 Å². The van der Waals surface area contributed by atoms with Crippen LogP contribution in [0, 0.1) is 0 Å². The van der Waals surface area contributed by atoms with Crippen molar-refractivity contribution < 1.29 is 0 Å². The van der Waals surface area contributed by atoms with Crippen LogP contribution in [0.15, 0.2) is 42.5 Å². The van der Waals surface area contributed by atoms with E-state index in [1.807, 2.05) is 0 Å². The zero-order valence-electron chi connectivity index (χ0n) is 10.6. The molecule has 2 aromatic rings. The van der Waals surface area contributed by atoms with Gasteiger partial charge in [-0.3, -0.25) is 0 Å². The van der Waals surface area contributed by atoms with Gasteiger partial charge in [-0.05, 0) is 35.4 Å². The highest BCUT2D eigenvalue weighted by Crippen LogP contribution is 2.15. The topological polar surface area (TPSA) is 12.0 Å². The SMILES string of the molecule is CCCCCNCc1ccc2ccccc2c1. The lowest BCUT2D eigenvalue weighted by molar-refractivity contribution is 0.617. The number of hydrogen-bond donors (Lipinski definition) is 1. The Hall–Kier alpha value is -1.34. The molecule has 1 nitrogen and oxygen atoms in total. The molecule has 0 atom stereocenters. The van der Waals surface area contributed by atoms with Crippen molar-refractivity contribution in [1.82, 2.24) is 5.32 Å². The molecule has 0 heterocycles. The molecule has 0 fully saturated rings. The fraction of sp³-hybridized carbons (Fsp3) is 0.375. The molecule has 0 aliphatic rings. The lowest BCUT2D eigenvalue weighted by atomic mass is 10.1. The molecule has 90 valence electrons. The largest absolute Gasteiger partial charge is 0.313 e. The first-order valence-electron chi connectivity index (χ1n) is 6.58. The minimum absolute atomic E-state index is 0.981. The fourth-order valence-corrected chi connectivity index (χ4v) is 2.08. The summed E-state index contributed by atoms with van der Waals surface area (Å²) < 4.78 is 0. The molecule has 0 aliphatic carbocycles. The van der Waals surface area contributed by atoms with Gasteiger partial charge in [0.05, 0.1) is 0 Å². The van der Waals surface area contributed by atoms with Gasteiger partial charge in [0.2, 0.25) is 0 Å². The van der Waals surface area contributed by atoms with Crippen LogP contribution in [0.1, 0.15) is 31.7 Å². The lowest BCUT2D eigenvalue weighted by Gasteiger charge is -2.06. The minimum Gasteiger partial charge on any atom is -0.313 e. The van der Waals surface area contributed by atoms with Crippen LogP contribution >= 0.6 is 0 Å². The van der Waals surface area contributed by atoms with Crippen molar-refractivity contribution >= 4 is 10.8 Å². The van der Waals surface area contributed by atoms with E-state index >= 15 is 0 Å². The van der Waals surface area contributed by atoms with Gasteiger partial charge in [-0.1, -0.05) is 56.2 Å². The second-order valence-corrected chi connectivity index (χ2v) is 4.57. The number of rotatable bonds is 6. The van der Waals surface area contributed by atoms with Gasteiger partial charge in [-0.15, -0.1) is 0 Å². The predicted octanol–water partition coefficient (Wildman–Crippen LogP) is 4.12. The average molecular weight is 227 g/mol. The van der Waals surface area contributed by atoms with Crippen molar-refractivity contribution in [2.45, 2.75) is 32.7 Å². The van der Waals surface area contributed by atoms with E-state index in [0.29, 0.717) is 0 Å². The summed E-state index contributed by atoms with van der Waals surface area (Å²) in [6, 6.07) is 15.2. The van der Waals surface area contributed by atoms with Crippen molar-refractivity contribution in [3.05, 3.63) is 48.0 Å². The monoisotopic (exact) mass is 227 g/mol. The smallest absolute Gasteiger partial charge is 0.0205 e. The Bertz CT molecular complexity index is 462. The van der Waals surface area contributed by atoms with Crippen molar-refractivity contribution in [2.75, 3.05) is 6.54 Å². The maximum Gasteiger partial charge on any atom is 0.0205 e. The molecule has 0 aromatic heterocycles. The first kappa shape index (κ1) is 12.1. The number of nitrogens with one attached hydrogen (secondary N) is 1. The van der Waals surface area contributed by atoms with E-state index < -0.39 is 0 Å². The lowest BCUT2D eigenvalue weighted by Crippen LogP contribution is -2.14. The zero-order chi connectivity index (χ0) is 11.9. The molecule has 0 radical (unpaired) electrons. The molecule has 0 amide bonds. The van der Waals surface area contributed by atoms with Crippen molar-refractivity contribution in [3.8, 4) is 0 Å². The van der Waals surface area contributed by atoms with Gasteiger partial charge >= 0.3 is 0 Å². The Kier molecular flexibility index (Phi) is 4.57. The van der Waals surface area contributed by atoms with Crippen LogP contribution in [-0.4, -0.2) is 6.54 Å². The minimum atomic E-state index is 0.981. The molecule has 2 aromatic carbocycles. The van der Waals surface area contributed by atoms with Crippen molar-refractivity contribution in [3.63, 3.8) is 0 Å². The standard InChI is InChI=1S/C16H21N/c1-2-3-6-11-17-13-14-9-10-15-7-4-5-8-16(15)12-14/h4-5,7-10,12,17H,2-3,6,11,13H2,1H3. The third kappa shape index (κ3) is 3.57. The van der Waals surface area contributed by atoms with E-state index in [1.165, 1.54) is 35.6 Å². The van der Waals surface area contributed by atoms with E-state index in [1.54, 1.807) is 0 Å². The molecular formula is C16H21N. The van der Waals surface area contributed by atoms with Crippen LogP contribution in [-0.2, 0) is 6.54 Å². The Morgan fingerprint density at radius 1 is 0.941 bits per heavy atom. The molecule has 0 saturated carbocycles. The molecule has 2 rings (SSSR count). The first-order chi connectivity index (χ1) is 8.40. The highest BCUT2D eigenvalue weighted by atomic mass is 14.8. The highest BCUT2D eigenvalue weighted by molar-refractivity contribution is 5.82. The number of hydrogen-bond acceptors (Lipinski definition) is 1. The summed E-state index contributed by atoms with van der Waals surface area (Å²) in [7, 11) is 0. The Morgan fingerprint density at radius 3 is 2.59 bits per heavy atom. The normalized spacial score (nSPS) is 10.9. The average Bonchev–Trinajstić information content (AvgIpc) is 2.38. The fourth-order valence-electron chi connectivity index (χ4n) is 2.08. The van der Waals surface area contributed by atoms with Crippen LogP contribution < -0.4 is 5.32 Å². The zero-order valence-corrected chi connectivity index (χ0v) is 10.6. The summed E-state index contributed by atoms with van der Waals surface area (Å²) >= 11 is 0. The van der Waals surface area contributed by atoms with E-state index in [4.69, 9.17) is 0 Å². The van der Waals surface area contributed by atoms with E-state index in [2.05, 4.69) is 54.7 Å². The molecule has 1 heteroatoms. The van der Waals surface area contributed by atoms with E-state index in [0.717, 1.165) is 13.1 Å². The summed E-state index contributed by atoms with van der Waals surface area (Å²) in [5, 5.41) is 6.16. The van der Waals surface area contributed by atoms with Crippen molar-refractivity contribution in [2.24, 2.45) is 0 Å². The third-order valence-corrected chi connectivity index (χ3v) is 3.10. The molecule has 0 unspecified atom stereocenters. The molecule has 0 aliphatic heterocycles. The Morgan fingerprint density at radius 2 is 1.76 bits per heavy atom. The maximum absolute atomic E-state index is 3.50.